The molecule has 0 unspecified atom stereocenters. The van der Waals surface area contributed by atoms with E-state index in [1.807, 2.05) is 0 Å². The highest BCUT2D eigenvalue weighted by Gasteiger charge is 2.05. The molecule has 5 nitrogen and oxygen atoms in total. The summed E-state index contributed by atoms with van der Waals surface area (Å²) in [6.07, 6.45) is 4.73. The Morgan fingerprint density at radius 2 is 2.29 bits per heavy atom. The number of nitrogens with one attached hydrogen (secondary N) is 1. The molecule has 0 fully saturated rings. The van der Waals surface area contributed by atoms with E-state index in [0.29, 0.717) is 5.82 Å². The lowest BCUT2D eigenvalue weighted by atomic mass is 10.2. The lowest BCUT2D eigenvalue weighted by Crippen LogP contribution is -2.00. The summed E-state index contributed by atoms with van der Waals surface area (Å²) >= 11 is 0. The number of aromatic nitrogens is 4. The van der Waals surface area contributed by atoms with Crippen LogP contribution < -0.4 is 5.73 Å². The van der Waals surface area contributed by atoms with Gasteiger partial charge in [-0.15, -0.1) is 0 Å². The second-order valence-corrected chi connectivity index (χ2v) is 3.26. The molecule has 0 aliphatic rings. The molecule has 0 aliphatic carbocycles. The molecule has 5 heteroatoms. The van der Waals surface area contributed by atoms with Gasteiger partial charge in [-0.1, -0.05) is 13.3 Å². The summed E-state index contributed by atoms with van der Waals surface area (Å²) in [6.45, 7) is 2.14. The van der Waals surface area contributed by atoms with Crippen molar-refractivity contribution < 1.29 is 0 Å². The molecule has 14 heavy (non-hydrogen) atoms. The number of unbranched alkanes of at least 4 members (excludes halogenated alkanes) is 1. The zero-order valence-corrected chi connectivity index (χ0v) is 8.12. The Balaban J connectivity index is 2.38. The first kappa shape index (κ1) is 8.93. The van der Waals surface area contributed by atoms with Crippen LogP contribution in [0, 0.1) is 0 Å². The maximum atomic E-state index is 5.76. The molecule has 0 bridgehead atoms. The summed E-state index contributed by atoms with van der Waals surface area (Å²) in [5.74, 6) is 1.30. The van der Waals surface area contributed by atoms with E-state index in [9.17, 15) is 0 Å². The molecule has 0 aliphatic heterocycles. The molecular weight excluding hydrogens is 178 g/mol. The van der Waals surface area contributed by atoms with Crippen LogP contribution in [0.2, 0.25) is 0 Å². The van der Waals surface area contributed by atoms with Gasteiger partial charge in [0.1, 0.15) is 11.6 Å². The van der Waals surface area contributed by atoms with E-state index in [2.05, 4.69) is 27.1 Å². The van der Waals surface area contributed by atoms with E-state index in [1.54, 1.807) is 6.20 Å². The average molecular weight is 191 g/mol. The highest BCUT2D eigenvalue weighted by molar-refractivity contribution is 5.84. The lowest BCUT2D eigenvalue weighted by molar-refractivity contribution is 0.757. The third-order valence-electron chi connectivity index (χ3n) is 2.14. The topological polar surface area (TPSA) is 80.5 Å². The predicted octanol–water partition coefficient (Wildman–Crippen LogP) is 1.28. The van der Waals surface area contributed by atoms with Crippen LogP contribution in [-0.2, 0) is 6.42 Å². The van der Waals surface area contributed by atoms with Gasteiger partial charge < -0.3 is 5.73 Å². The van der Waals surface area contributed by atoms with Crippen molar-refractivity contribution in [3.63, 3.8) is 0 Å². The quantitative estimate of drug-likeness (QED) is 0.765. The number of fused-ring (bicyclic) bond motifs is 1. The standard InChI is InChI=1S/C9H13N5/c1-2-3-4-7-12-8(10)6-5-11-14-9(6)13-7/h5H,2-4H2,1H3,(H3,10,11,12,13,14). The van der Waals surface area contributed by atoms with Crippen molar-refractivity contribution in [2.75, 3.05) is 5.73 Å². The molecule has 3 N–H and O–H groups in total. The van der Waals surface area contributed by atoms with Crippen molar-refractivity contribution in [2.45, 2.75) is 26.2 Å². The van der Waals surface area contributed by atoms with Crippen LogP contribution in [0.25, 0.3) is 11.0 Å². The molecular formula is C9H13N5. The predicted molar refractivity (Wildman–Crippen MR) is 54.7 cm³/mol. The number of aromatic amines is 1. The Bertz CT molecular complexity index is 434. The highest BCUT2D eigenvalue weighted by atomic mass is 15.2. The van der Waals surface area contributed by atoms with Crippen LogP contribution in [-0.4, -0.2) is 20.2 Å². The first-order chi connectivity index (χ1) is 6.81. The largest absolute Gasteiger partial charge is 0.383 e. The first-order valence-electron chi connectivity index (χ1n) is 4.76. The smallest absolute Gasteiger partial charge is 0.161 e. The molecule has 2 aromatic heterocycles. The summed E-state index contributed by atoms with van der Waals surface area (Å²) < 4.78 is 0. The van der Waals surface area contributed by atoms with Crippen LogP contribution in [0.4, 0.5) is 5.82 Å². The normalized spacial score (nSPS) is 10.9. The Hall–Kier alpha value is -1.65. The van der Waals surface area contributed by atoms with E-state index in [4.69, 9.17) is 5.73 Å². The van der Waals surface area contributed by atoms with Gasteiger partial charge in [0.2, 0.25) is 0 Å². The van der Waals surface area contributed by atoms with Gasteiger partial charge in [-0.25, -0.2) is 9.97 Å². The number of hydrogen-bond acceptors (Lipinski definition) is 4. The van der Waals surface area contributed by atoms with Gasteiger partial charge in [0.25, 0.3) is 0 Å². The Kier molecular flexibility index (Phi) is 2.30. The minimum absolute atomic E-state index is 0.509. The van der Waals surface area contributed by atoms with Crippen molar-refractivity contribution in [2.24, 2.45) is 0 Å². The van der Waals surface area contributed by atoms with E-state index in [0.717, 1.165) is 36.1 Å². The molecule has 74 valence electrons. The fraction of sp³-hybridized carbons (Fsp3) is 0.444. The van der Waals surface area contributed by atoms with Gasteiger partial charge >= 0.3 is 0 Å². The van der Waals surface area contributed by atoms with Crippen molar-refractivity contribution >= 4 is 16.9 Å². The molecule has 0 radical (unpaired) electrons. The number of nitrogens with zero attached hydrogens (tertiary/aromatic N) is 3. The summed E-state index contributed by atoms with van der Waals surface area (Å²) in [4.78, 5) is 8.54. The number of aryl methyl sites for hydroxylation is 1. The maximum absolute atomic E-state index is 5.76. The monoisotopic (exact) mass is 191 g/mol. The lowest BCUT2D eigenvalue weighted by Gasteiger charge is -2.00. The van der Waals surface area contributed by atoms with Gasteiger partial charge in [-0.05, 0) is 6.42 Å². The number of hydrogen-bond donors (Lipinski definition) is 2. The summed E-state index contributed by atoms with van der Waals surface area (Å²) in [6, 6.07) is 0. The number of rotatable bonds is 3. The van der Waals surface area contributed by atoms with E-state index in [1.165, 1.54) is 0 Å². The number of anilines is 1. The van der Waals surface area contributed by atoms with Crippen LogP contribution in [0.15, 0.2) is 6.20 Å². The molecule has 0 aromatic carbocycles. The summed E-state index contributed by atoms with van der Waals surface area (Å²) in [5, 5.41) is 7.47. The number of nitrogens with two attached hydrogens (primary N) is 1. The van der Waals surface area contributed by atoms with Crippen molar-refractivity contribution in [1.29, 1.82) is 0 Å². The summed E-state index contributed by atoms with van der Waals surface area (Å²) in [5.41, 5.74) is 6.49. The van der Waals surface area contributed by atoms with Crippen LogP contribution in [0.5, 0.6) is 0 Å². The molecule has 0 saturated carbocycles. The van der Waals surface area contributed by atoms with Crippen LogP contribution in [0.1, 0.15) is 25.6 Å². The highest BCUT2D eigenvalue weighted by Crippen LogP contribution is 2.15. The molecule has 0 spiro atoms. The van der Waals surface area contributed by atoms with Gasteiger partial charge in [-0.3, -0.25) is 5.10 Å². The molecule has 2 heterocycles. The summed E-state index contributed by atoms with van der Waals surface area (Å²) in [7, 11) is 0. The van der Waals surface area contributed by atoms with Crippen molar-refractivity contribution in [3.8, 4) is 0 Å². The Morgan fingerprint density at radius 3 is 3.07 bits per heavy atom. The molecule has 2 rings (SSSR count). The fourth-order valence-corrected chi connectivity index (χ4v) is 1.35. The zero-order chi connectivity index (χ0) is 9.97. The van der Waals surface area contributed by atoms with Crippen LogP contribution in [0.3, 0.4) is 0 Å². The van der Waals surface area contributed by atoms with Gasteiger partial charge in [0.15, 0.2) is 5.65 Å². The van der Waals surface area contributed by atoms with Gasteiger partial charge in [-0.2, -0.15) is 5.10 Å². The van der Waals surface area contributed by atoms with Crippen molar-refractivity contribution in [3.05, 3.63) is 12.0 Å². The fourth-order valence-electron chi connectivity index (χ4n) is 1.35. The molecule has 2 aromatic rings. The van der Waals surface area contributed by atoms with Gasteiger partial charge in [0.05, 0.1) is 11.6 Å². The minimum Gasteiger partial charge on any atom is -0.383 e. The maximum Gasteiger partial charge on any atom is 0.161 e. The van der Waals surface area contributed by atoms with E-state index < -0.39 is 0 Å². The van der Waals surface area contributed by atoms with E-state index in [-0.39, 0.29) is 0 Å². The second kappa shape index (κ2) is 3.61. The van der Waals surface area contributed by atoms with Crippen molar-refractivity contribution in [1.82, 2.24) is 20.2 Å². The first-order valence-corrected chi connectivity index (χ1v) is 4.76. The third-order valence-corrected chi connectivity index (χ3v) is 2.14. The number of nitrogen functional groups attached to an aromatic ring is 1. The van der Waals surface area contributed by atoms with Gasteiger partial charge in [0, 0.05) is 6.42 Å². The molecule has 0 saturated heterocycles. The Labute approximate surface area is 81.7 Å². The second-order valence-electron chi connectivity index (χ2n) is 3.26. The minimum atomic E-state index is 0.509. The average Bonchev–Trinajstić information content (AvgIpc) is 2.63. The third kappa shape index (κ3) is 1.53. The van der Waals surface area contributed by atoms with E-state index >= 15 is 0 Å². The zero-order valence-electron chi connectivity index (χ0n) is 8.12. The Morgan fingerprint density at radius 1 is 1.43 bits per heavy atom. The molecule has 0 amide bonds. The van der Waals surface area contributed by atoms with Crippen LogP contribution >= 0.6 is 0 Å². The SMILES string of the molecule is CCCCc1nc(N)c2cn[nH]c2n1. The number of H-pyrrole nitrogens is 1. The molecule has 0 atom stereocenters.